The highest BCUT2D eigenvalue weighted by Gasteiger charge is 2.59. The zero-order valence-electron chi connectivity index (χ0n) is 18.6. The molecule has 1 aromatic carbocycles. The lowest BCUT2D eigenvalue weighted by molar-refractivity contribution is -0.0685. The molecule has 30 heavy (non-hydrogen) atoms. The molecule has 3 nitrogen and oxygen atoms in total. The molecule has 4 aliphatic rings. The van der Waals surface area contributed by atoms with Crippen LogP contribution in [0.3, 0.4) is 0 Å². The number of methoxy groups -OCH3 is 1. The van der Waals surface area contributed by atoms with Gasteiger partial charge in [0.1, 0.15) is 5.75 Å². The van der Waals surface area contributed by atoms with E-state index < -0.39 is 0 Å². The van der Waals surface area contributed by atoms with Gasteiger partial charge in [0.2, 0.25) is 0 Å². The number of fused-ring (bicyclic) bond motifs is 5. The standard InChI is InChI=1S/C27H36O3/c1-26-12-10-20(28)16-19(26)6-9-22-23(26)11-13-27(2)24(22)15-18(25(27)29)14-17-4-7-21(30-3)8-5-17/h4-8,14,20,22-25,28-29H,9-13,15-16H2,1-3H3. The van der Waals surface area contributed by atoms with E-state index in [9.17, 15) is 10.2 Å². The Labute approximate surface area is 180 Å². The molecule has 2 N–H and O–H groups in total. The van der Waals surface area contributed by atoms with E-state index in [4.69, 9.17) is 4.74 Å². The van der Waals surface area contributed by atoms with Gasteiger partial charge >= 0.3 is 0 Å². The Morgan fingerprint density at radius 2 is 1.77 bits per heavy atom. The predicted octanol–water partition coefficient (Wildman–Crippen LogP) is 5.37. The van der Waals surface area contributed by atoms with E-state index in [0.717, 1.165) is 49.8 Å². The fourth-order valence-electron chi connectivity index (χ4n) is 7.55. The molecule has 0 saturated heterocycles. The first-order valence-corrected chi connectivity index (χ1v) is 11.8. The van der Waals surface area contributed by atoms with Crippen LogP contribution in [0.15, 0.2) is 41.5 Å². The summed E-state index contributed by atoms with van der Waals surface area (Å²) < 4.78 is 5.28. The molecule has 5 rings (SSSR count). The third-order valence-electron chi connectivity index (χ3n) is 9.41. The van der Waals surface area contributed by atoms with Crippen molar-refractivity contribution in [1.29, 1.82) is 0 Å². The fourth-order valence-corrected chi connectivity index (χ4v) is 7.55. The van der Waals surface area contributed by atoms with Gasteiger partial charge in [-0.3, -0.25) is 0 Å². The maximum Gasteiger partial charge on any atom is 0.118 e. The molecule has 1 aromatic rings. The molecule has 0 aromatic heterocycles. The van der Waals surface area contributed by atoms with Crippen LogP contribution in [0, 0.1) is 28.6 Å². The SMILES string of the molecule is COc1ccc(C=C2CC3C4CC=C5CC(O)CCC5(C)C4CCC3(C)C2O)cc1. The quantitative estimate of drug-likeness (QED) is 0.647. The van der Waals surface area contributed by atoms with E-state index in [1.807, 2.05) is 12.1 Å². The fraction of sp³-hybridized carbons (Fsp3) is 0.630. The molecule has 7 unspecified atom stereocenters. The smallest absolute Gasteiger partial charge is 0.118 e. The average Bonchev–Trinajstić information content (AvgIpc) is 3.00. The van der Waals surface area contributed by atoms with Gasteiger partial charge in [-0.25, -0.2) is 0 Å². The van der Waals surface area contributed by atoms with E-state index in [-0.39, 0.29) is 23.0 Å². The van der Waals surface area contributed by atoms with Crippen molar-refractivity contribution < 1.29 is 14.9 Å². The highest BCUT2D eigenvalue weighted by atomic mass is 16.5. The Morgan fingerprint density at radius 1 is 1.00 bits per heavy atom. The van der Waals surface area contributed by atoms with Crippen molar-refractivity contribution in [3.8, 4) is 5.75 Å². The van der Waals surface area contributed by atoms with Gasteiger partial charge in [0.05, 0.1) is 19.3 Å². The van der Waals surface area contributed by atoms with Crippen molar-refractivity contribution in [2.45, 2.75) is 71.0 Å². The van der Waals surface area contributed by atoms with Gasteiger partial charge in [-0.1, -0.05) is 43.7 Å². The van der Waals surface area contributed by atoms with Crippen LogP contribution in [0.1, 0.15) is 64.4 Å². The molecule has 0 heterocycles. The van der Waals surface area contributed by atoms with Gasteiger partial charge in [-0.2, -0.15) is 0 Å². The van der Waals surface area contributed by atoms with Gasteiger partial charge in [0.25, 0.3) is 0 Å². The predicted molar refractivity (Wildman–Crippen MR) is 120 cm³/mol. The summed E-state index contributed by atoms with van der Waals surface area (Å²) in [4.78, 5) is 0. The van der Waals surface area contributed by atoms with Crippen molar-refractivity contribution >= 4 is 6.08 Å². The maximum atomic E-state index is 11.4. The second-order valence-corrected chi connectivity index (χ2v) is 10.8. The van der Waals surface area contributed by atoms with E-state index in [2.05, 4.69) is 38.1 Å². The van der Waals surface area contributed by atoms with Crippen LogP contribution >= 0.6 is 0 Å². The molecule has 0 bridgehead atoms. The van der Waals surface area contributed by atoms with Crippen molar-refractivity contribution in [2.75, 3.05) is 7.11 Å². The summed E-state index contributed by atoms with van der Waals surface area (Å²) in [5.74, 6) is 2.74. The Bertz CT molecular complexity index is 869. The van der Waals surface area contributed by atoms with E-state index >= 15 is 0 Å². The zero-order chi connectivity index (χ0) is 21.1. The number of rotatable bonds is 2. The van der Waals surface area contributed by atoms with Gasteiger partial charge in [-0.15, -0.1) is 0 Å². The van der Waals surface area contributed by atoms with Crippen LogP contribution in [-0.4, -0.2) is 29.5 Å². The van der Waals surface area contributed by atoms with Crippen molar-refractivity contribution in [1.82, 2.24) is 0 Å². The lowest BCUT2D eigenvalue weighted by Crippen LogP contribution is -2.51. The summed E-state index contributed by atoms with van der Waals surface area (Å²) in [7, 11) is 1.69. The second kappa shape index (κ2) is 7.24. The number of hydrogen-bond donors (Lipinski definition) is 2. The molecule has 0 radical (unpaired) electrons. The van der Waals surface area contributed by atoms with E-state index in [1.54, 1.807) is 7.11 Å². The zero-order valence-corrected chi connectivity index (χ0v) is 18.6. The van der Waals surface area contributed by atoms with Crippen molar-refractivity contribution in [3.05, 3.63) is 47.1 Å². The molecule has 3 saturated carbocycles. The van der Waals surface area contributed by atoms with E-state index in [0.29, 0.717) is 17.8 Å². The van der Waals surface area contributed by atoms with Crippen LogP contribution in [0.4, 0.5) is 0 Å². The molecule has 0 amide bonds. The molecule has 0 aliphatic heterocycles. The van der Waals surface area contributed by atoms with Gasteiger partial charge in [0, 0.05) is 5.41 Å². The third-order valence-corrected chi connectivity index (χ3v) is 9.41. The maximum absolute atomic E-state index is 11.4. The van der Waals surface area contributed by atoms with Crippen LogP contribution < -0.4 is 4.74 Å². The average molecular weight is 409 g/mol. The Kier molecular flexibility index (Phi) is 4.91. The summed E-state index contributed by atoms with van der Waals surface area (Å²) in [5, 5.41) is 21.6. The van der Waals surface area contributed by atoms with Gasteiger partial charge in [0.15, 0.2) is 0 Å². The first-order valence-electron chi connectivity index (χ1n) is 11.8. The summed E-state index contributed by atoms with van der Waals surface area (Å²) >= 11 is 0. The number of ether oxygens (including phenoxy) is 1. The molecule has 3 fully saturated rings. The Morgan fingerprint density at radius 3 is 2.50 bits per heavy atom. The third kappa shape index (κ3) is 3.00. The van der Waals surface area contributed by atoms with Crippen LogP contribution in [0.2, 0.25) is 0 Å². The Hall–Kier alpha value is -1.58. The highest BCUT2D eigenvalue weighted by Crippen LogP contribution is 2.65. The van der Waals surface area contributed by atoms with Crippen molar-refractivity contribution in [2.24, 2.45) is 28.6 Å². The first kappa shape index (κ1) is 20.3. The molecule has 4 aliphatic carbocycles. The molecule has 162 valence electrons. The van der Waals surface area contributed by atoms with Crippen molar-refractivity contribution in [3.63, 3.8) is 0 Å². The molecule has 3 heteroatoms. The molecule has 7 atom stereocenters. The van der Waals surface area contributed by atoms with Crippen LogP contribution in [0.25, 0.3) is 6.08 Å². The second-order valence-electron chi connectivity index (χ2n) is 10.8. The summed E-state index contributed by atoms with van der Waals surface area (Å²) in [5.41, 5.74) is 4.08. The largest absolute Gasteiger partial charge is 0.497 e. The first-order chi connectivity index (χ1) is 14.3. The number of allylic oxidation sites excluding steroid dienone is 1. The number of aliphatic hydroxyl groups excluding tert-OH is 2. The number of benzene rings is 1. The lowest BCUT2D eigenvalue weighted by Gasteiger charge is -2.57. The number of aliphatic hydroxyl groups is 2. The Balaban J connectivity index is 1.44. The minimum Gasteiger partial charge on any atom is -0.497 e. The van der Waals surface area contributed by atoms with Crippen LogP contribution in [0.5, 0.6) is 5.75 Å². The van der Waals surface area contributed by atoms with Gasteiger partial charge < -0.3 is 14.9 Å². The minimum absolute atomic E-state index is 0.0185. The van der Waals surface area contributed by atoms with Gasteiger partial charge in [-0.05, 0) is 91.4 Å². The normalized spacial score (nSPS) is 44.1. The molecular formula is C27H36O3. The monoisotopic (exact) mass is 408 g/mol. The van der Waals surface area contributed by atoms with E-state index in [1.165, 1.54) is 17.6 Å². The summed E-state index contributed by atoms with van der Waals surface area (Å²) in [6.45, 7) is 4.79. The minimum atomic E-state index is -0.350. The topological polar surface area (TPSA) is 49.7 Å². The van der Waals surface area contributed by atoms with Crippen LogP contribution in [-0.2, 0) is 0 Å². The molecule has 0 spiro atoms. The summed E-state index contributed by atoms with van der Waals surface area (Å²) in [6, 6.07) is 8.14. The molecular weight excluding hydrogens is 372 g/mol. The highest BCUT2D eigenvalue weighted by molar-refractivity contribution is 5.56. The lowest BCUT2D eigenvalue weighted by atomic mass is 9.48. The summed E-state index contributed by atoms with van der Waals surface area (Å²) in [6.07, 6.45) is 11.5. The number of hydrogen-bond acceptors (Lipinski definition) is 3.